The molecule has 6 nitrogen and oxygen atoms in total. The van der Waals surface area contributed by atoms with Gasteiger partial charge in [0.2, 0.25) is 0 Å². The third kappa shape index (κ3) is 2.87. The molecule has 0 unspecified atom stereocenters. The van der Waals surface area contributed by atoms with Crippen LogP contribution in [0, 0.1) is 6.92 Å². The van der Waals surface area contributed by atoms with Gasteiger partial charge in [-0.15, -0.1) is 0 Å². The van der Waals surface area contributed by atoms with Crippen LogP contribution in [0.1, 0.15) is 40.7 Å². The monoisotopic (exact) mass is 347 g/mol. The Balaban J connectivity index is 1.56. The first kappa shape index (κ1) is 16.4. The molecule has 0 aliphatic carbocycles. The second-order valence-corrected chi connectivity index (χ2v) is 6.56. The van der Waals surface area contributed by atoms with Gasteiger partial charge in [0.15, 0.2) is 5.82 Å². The fourth-order valence-electron chi connectivity index (χ4n) is 3.29. The zero-order valence-electron chi connectivity index (χ0n) is 15.0. The zero-order valence-corrected chi connectivity index (χ0v) is 15.0. The van der Waals surface area contributed by atoms with Crippen molar-refractivity contribution in [3.05, 3.63) is 65.2 Å². The highest BCUT2D eigenvalue weighted by molar-refractivity contribution is 5.95. The Morgan fingerprint density at radius 1 is 1.15 bits per heavy atom. The summed E-state index contributed by atoms with van der Waals surface area (Å²) in [5.41, 5.74) is 4.51. The predicted molar refractivity (Wildman–Crippen MR) is 98.3 cm³/mol. The number of amides is 1. The average molecular weight is 347 g/mol. The molecule has 1 amide bonds. The normalized spacial score (nSPS) is 13.1. The van der Waals surface area contributed by atoms with E-state index in [0.29, 0.717) is 24.5 Å². The molecule has 1 aromatic carbocycles. The van der Waals surface area contributed by atoms with E-state index in [-0.39, 0.29) is 5.91 Å². The molecule has 26 heavy (non-hydrogen) atoms. The smallest absolute Gasteiger partial charge is 0.257 e. The highest BCUT2D eigenvalue weighted by atomic mass is 16.2. The van der Waals surface area contributed by atoms with Crippen LogP contribution in [0.25, 0.3) is 11.4 Å². The lowest BCUT2D eigenvalue weighted by molar-refractivity contribution is 0.0749. The van der Waals surface area contributed by atoms with E-state index in [1.807, 2.05) is 53.0 Å². The molecule has 1 aliphatic heterocycles. The van der Waals surface area contributed by atoms with Crippen LogP contribution in [-0.2, 0) is 19.6 Å². The standard InChI is InChI=1S/C20H21N5O/c1-3-9-25-14(2)17(11-22-25)20(26)24-12-16-10-21-19(23-18(16)13-24)15-7-5-4-6-8-15/h4-8,10-11H,3,9,12-13H2,1-2H3. The van der Waals surface area contributed by atoms with Gasteiger partial charge < -0.3 is 4.90 Å². The molecule has 6 heteroatoms. The zero-order chi connectivity index (χ0) is 18.1. The maximum absolute atomic E-state index is 12.9. The summed E-state index contributed by atoms with van der Waals surface area (Å²) in [6.07, 6.45) is 4.51. The number of nitrogens with zero attached hydrogens (tertiary/aromatic N) is 5. The Labute approximate surface area is 152 Å². The molecule has 3 aromatic rings. The molecule has 0 bridgehead atoms. The molecule has 132 valence electrons. The van der Waals surface area contributed by atoms with Crippen molar-refractivity contribution in [3.8, 4) is 11.4 Å². The second kappa shape index (κ2) is 6.71. The summed E-state index contributed by atoms with van der Waals surface area (Å²) in [7, 11) is 0. The van der Waals surface area contributed by atoms with E-state index in [0.717, 1.165) is 35.5 Å². The number of hydrogen-bond acceptors (Lipinski definition) is 4. The van der Waals surface area contributed by atoms with Gasteiger partial charge >= 0.3 is 0 Å². The first-order valence-corrected chi connectivity index (χ1v) is 8.89. The number of rotatable bonds is 4. The lowest BCUT2D eigenvalue weighted by Crippen LogP contribution is -2.25. The number of aryl methyl sites for hydroxylation is 1. The SMILES string of the molecule is CCCn1ncc(C(=O)N2Cc3cnc(-c4ccccc4)nc3C2)c1C. The van der Waals surface area contributed by atoms with Crippen molar-refractivity contribution in [2.45, 2.75) is 39.9 Å². The van der Waals surface area contributed by atoms with Gasteiger partial charge in [0.05, 0.1) is 24.0 Å². The Morgan fingerprint density at radius 3 is 2.73 bits per heavy atom. The van der Waals surface area contributed by atoms with Gasteiger partial charge in [-0.25, -0.2) is 9.97 Å². The first-order valence-electron chi connectivity index (χ1n) is 8.89. The summed E-state index contributed by atoms with van der Waals surface area (Å²) in [5, 5.41) is 4.34. The van der Waals surface area contributed by atoms with Crippen LogP contribution in [0.15, 0.2) is 42.7 Å². The number of benzene rings is 1. The number of carbonyl (C=O) groups excluding carboxylic acids is 1. The van der Waals surface area contributed by atoms with Gasteiger partial charge in [0.25, 0.3) is 5.91 Å². The van der Waals surface area contributed by atoms with Crippen LogP contribution in [0.4, 0.5) is 0 Å². The van der Waals surface area contributed by atoms with Crippen molar-refractivity contribution in [2.24, 2.45) is 0 Å². The molecule has 0 saturated carbocycles. The largest absolute Gasteiger partial charge is 0.328 e. The Bertz CT molecular complexity index is 948. The number of fused-ring (bicyclic) bond motifs is 1. The fraction of sp³-hybridized carbons (Fsp3) is 0.300. The predicted octanol–water partition coefficient (Wildman–Crippen LogP) is 3.21. The minimum atomic E-state index is 0.00381. The molecule has 0 saturated heterocycles. The highest BCUT2D eigenvalue weighted by Gasteiger charge is 2.28. The minimum absolute atomic E-state index is 0.00381. The molecule has 0 N–H and O–H groups in total. The Hall–Kier alpha value is -3.02. The molecule has 0 fully saturated rings. The van der Waals surface area contributed by atoms with Crippen molar-refractivity contribution in [1.82, 2.24) is 24.6 Å². The van der Waals surface area contributed by atoms with Crippen LogP contribution >= 0.6 is 0 Å². The van der Waals surface area contributed by atoms with Gasteiger partial charge in [-0.1, -0.05) is 37.3 Å². The van der Waals surface area contributed by atoms with Gasteiger partial charge in [-0.05, 0) is 13.3 Å². The number of carbonyl (C=O) groups is 1. The molecule has 0 radical (unpaired) electrons. The summed E-state index contributed by atoms with van der Waals surface area (Å²) >= 11 is 0. The molecular formula is C20H21N5O. The van der Waals surface area contributed by atoms with Gasteiger partial charge in [-0.2, -0.15) is 5.10 Å². The summed E-state index contributed by atoms with van der Waals surface area (Å²) in [4.78, 5) is 23.9. The molecule has 0 atom stereocenters. The molecule has 4 rings (SSSR count). The topological polar surface area (TPSA) is 63.9 Å². The van der Waals surface area contributed by atoms with E-state index < -0.39 is 0 Å². The molecule has 1 aliphatic rings. The van der Waals surface area contributed by atoms with Crippen LogP contribution < -0.4 is 0 Å². The van der Waals surface area contributed by atoms with Crippen LogP contribution in [-0.4, -0.2) is 30.6 Å². The van der Waals surface area contributed by atoms with Crippen molar-refractivity contribution in [3.63, 3.8) is 0 Å². The molecular weight excluding hydrogens is 326 g/mol. The summed E-state index contributed by atoms with van der Waals surface area (Å²) in [6.45, 7) is 5.93. The van der Waals surface area contributed by atoms with E-state index in [1.165, 1.54) is 0 Å². The number of aromatic nitrogens is 4. The van der Waals surface area contributed by atoms with Crippen molar-refractivity contribution >= 4 is 5.91 Å². The molecule has 2 aromatic heterocycles. The van der Waals surface area contributed by atoms with Crippen LogP contribution in [0.3, 0.4) is 0 Å². The average Bonchev–Trinajstić information content (AvgIpc) is 3.26. The van der Waals surface area contributed by atoms with E-state index in [2.05, 4.69) is 22.0 Å². The summed E-state index contributed by atoms with van der Waals surface area (Å²) in [5.74, 6) is 0.703. The second-order valence-electron chi connectivity index (χ2n) is 6.56. The summed E-state index contributed by atoms with van der Waals surface area (Å²) in [6, 6.07) is 9.89. The van der Waals surface area contributed by atoms with Crippen molar-refractivity contribution in [2.75, 3.05) is 0 Å². The van der Waals surface area contributed by atoms with E-state index in [9.17, 15) is 4.79 Å². The van der Waals surface area contributed by atoms with E-state index in [1.54, 1.807) is 6.20 Å². The maximum atomic E-state index is 12.9. The van der Waals surface area contributed by atoms with Crippen LogP contribution in [0.5, 0.6) is 0 Å². The summed E-state index contributed by atoms with van der Waals surface area (Å²) < 4.78 is 1.89. The van der Waals surface area contributed by atoms with Crippen LogP contribution in [0.2, 0.25) is 0 Å². The van der Waals surface area contributed by atoms with Crippen molar-refractivity contribution < 1.29 is 4.79 Å². The van der Waals surface area contributed by atoms with E-state index in [4.69, 9.17) is 0 Å². The lowest BCUT2D eigenvalue weighted by Gasteiger charge is -2.14. The molecule has 3 heterocycles. The third-order valence-corrected chi connectivity index (χ3v) is 4.74. The quantitative estimate of drug-likeness (QED) is 0.727. The Morgan fingerprint density at radius 2 is 1.96 bits per heavy atom. The van der Waals surface area contributed by atoms with Gasteiger partial charge in [-0.3, -0.25) is 9.48 Å². The highest BCUT2D eigenvalue weighted by Crippen LogP contribution is 2.25. The minimum Gasteiger partial charge on any atom is -0.328 e. The lowest BCUT2D eigenvalue weighted by atomic mass is 10.2. The van der Waals surface area contributed by atoms with Gasteiger partial charge in [0.1, 0.15) is 0 Å². The van der Waals surface area contributed by atoms with Crippen molar-refractivity contribution in [1.29, 1.82) is 0 Å². The Kier molecular flexibility index (Phi) is 4.24. The number of hydrogen-bond donors (Lipinski definition) is 0. The first-order chi connectivity index (χ1) is 12.7. The molecule has 0 spiro atoms. The van der Waals surface area contributed by atoms with Gasteiger partial charge in [0, 0.05) is 36.1 Å². The van der Waals surface area contributed by atoms with E-state index >= 15 is 0 Å². The fourth-order valence-corrected chi connectivity index (χ4v) is 3.29. The third-order valence-electron chi connectivity index (χ3n) is 4.74. The maximum Gasteiger partial charge on any atom is 0.257 e.